The number of carbonyl (C=O) groups is 1. The van der Waals surface area contributed by atoms with Crippen molar-refractivity contribution in [2.75, 3.05) is 6.61 Å². The molecule has 2 aromatic carbocycles. The van der Waals surface area contributed by atoms with Crippen LogP contribution in [0.4, 0.5) is 4.39 Å². The van der Waals surface area contributed by atoms with Gasteiger partial charge in [0.1, 0.15) is 11.6 Å². The van der Waals surface area contributed by atoms with Gasteiger partial charge in [0.2, 0.25) is 0 Å². The number of hydrogen-bond donors (Lipinski definition) is 1. The second-order valence-corrected chi connectivity index (χ2v) is 4.75. The molecule has 0 unspecified atom stereocenters. The average Bonchev–Trinajstić information content (AvgIpc) is 2.45. The highest BCUT2D eigenvalue weighted by atomic mass is 19.1. The summed E-state index contributed by atoms with van der Waals surface area (Å²) in [4.78, 5) is 12.0. The highest BCUT2D eigenvalue weighted by molar-refractivity contribution is 5.94. The molecule has 110 valence electrons. The molecule has 0 aromatic heterocycles. The third-order valence-electron chi connectivity index (χ3n) is 3.03. The summed E-state index contributed by atoms with van der Waals surface area (Å²) in [5.41, 5.74) is 1.75. The number of aryl methyl sites for hydroxylation is 1. The van der Waals surface area contributed by atoms with Crippen molar-refractivity contribution < 1.29 is 13.9 Å². The predicted molar refractivity (Wildman–Crippen MR) is 79.9 cm³/mol. The molecular weight excluding hydrogens is 269 g/mol. The lowest BCUT2D eigenvalue weighted by molar-refractivity contribution is 0.0947. The Balaban J connectivity index is 2.02. The van der Waals surface area contributed by atoms with Crippen LogP contribution in [-0.4, -0.2) is 12.5 Å². The molecule has 0 saturated heterocycles. The maximum absolute atomic E-state index is 13.7. The summed E-state index contributed by atoms with van der Waals surface area (Å²) in [6, 6.07) is 12.0. The van der Waals surface area contributed by atoms with Gasteiger partial charge in [0.15, 0.2) is 0 Å². The molecule has 0 heterocycles. The maximum atomic E-state index is 13.7. The van der Waals surface area contributed by atoms with Crippen molar-refractivity contribution in [1.29, 1.82) is 0 Å². The standard InChI is InChI=1S/C17H18FNO2/c1-3-21-14-6-4-5-13(10-14)11-19-17(20)15-8-7-12(2)9-16(15)18/h4-10H,3,11H2,1-2H3,(H,19,20). The summed E-state index contributed by atoms with van der Waals surface area (Å²) in [5.74, 6) is -0.171. The van der Waals surface area contributed by atoms with E-state index in [1.165, 1.54) is 12.1 Å². The van der Waals surface area contributed by atoms with Crippen LogP contribution < -0.4 is 10.1 Å². The number of ether oxygens (including phenoxy) is 1. The molecule has 4 heteroatoms. The Morgan fingerprint density at radius 1 is 1.24 bits per heavy atom. The molecule has 0 radical (unpaired) electrons. The number of rotatable bonds is 5. The zero-order valence-electron chi connectivity index (χ0n) is 12.2. The first kappa shape index (κ1) is 15.0. The Morgan fingerprint density at radius 2 is 2.05 bits per heavy atom. The van der Waals surface area contributed by atoms with Crippen LogP contribution in [0.15, 0.2) is 42.5 Å². The van der Waals surface area contributed by atoms with Crippen molar-refractivity contribution >= 4 is 5.91 Å². The third-order valence-corrected chi connectivity index (χ3v) is 3.03. The first-order valence-corrected chi connectivity index (χ1v) is 6.86. The highest BCUT2D eigenvalue weighted by Gasteiger charge is 2.11. The number of amides is 1. The predicted octanol–water partition coefficient (Wildman–Crippen LogP) is 3.46. The van der Waals surface area contributed by atoms with Crippen molar-refractivity contribution in [3.05, 3.63) is 65.0 Å². The van der Waals surface area contributed by atoms with Crippen molar-refractivity contribution in [2.24, 2.45) is 0 Å². The minimum absolute atomic E-state index is 0.0570. The van der Waals surface area contributed by atoms with Crippen molar-refractivity contribution in [1.82, 2.24) is 5.32 Å². The first-order chi connectivity index (χ1) is 10.1. The molecular formula is C17H18FNO2. The van der Waals surface area contributed by atoms with Gasteiger partial charge < -0.3 is 10.1 Å². The summed E-state index contributed by atoms with van der Waals surface area (Å²) < 4.78 is 19.1. The van der Waals surface area contributed by atoms with Gasteiger partial charge in [0, 0.05) is 6.54 Å². The summed E-state index contributed by atoms with van der Waals surface area (Å²) in [6.45, 7) is 4.61. The summed E-state index contributed by atoms with van der Waals surface area (Å²) in [6.07, 6.45) is 0. The Morgan fingerprint density at radius 3 is 2.76 bits per heavy atom. The number of carbonyl (C=O) groups excluding carboxylic acids is 1. The first-order valence-electron chi connectivity index (χ1n) is 6.86. The third kappa shape index (κ3) is 4.05. The van der Waals surface area contributed by atoms with Crippen LogP contribution in [0.2, 0.25) is 0 Å². The van der Waals surface area contributed by atoms with Crippen molar-refractivity contribution in [3.8, 4) is 5.75 Å². The fraction of sp³-hybridized carbons (Fsp3) is 0.235. The lowest BCUT2D eigenvalue weighted by atomic mass is 10.1. The second-order valence-electron chi connectivity index (χ2n) is 4.75. The molecule has 0 fully saturated rings. The zero-order chi connectivity index (χ0) is 15.2. The van der Waals surface area contributed by atoms with Gasteiger partial charge in [-0.1, -0.05) is 18.2 Å². The molecule has 2 aromatic rings. The van der Waals surface area contributed by atoms with Gasteiger partial charge in [-0.05, 0) is 49.2 Å². The van der Waals surface area contributed by atoms with Crippen LogP contribution in [0.1, 0.15) is 28.4 Å². The molecule has 0 bridgehead atoms. The monoisotopic (exact) mass is 287 g/mol. The second kappa shape index (κ2) is 6.88. The molecule has 0 spiro atoms. The highest BCUT2D eigenvalue weighted by Crippen LogP contribution is 2.14. The Kier molecular flexibility index (Phi) is 4.93. The summed E-state index contributed by atoms with van der Waals surface area (Å²) in [5, 5.41) is 2.71. The topological polar surface area (TPSA) is 38.3 Å². The smallest absolute Gasteiger partial charge is 0.254 e. The Hall–Kier alpha value is -2.36. The molecule has 1 N–H and O–H groups in total. The number of hydrogen-bond acceptors (Lipinski definition) is 2. The maximum Gasteiger partial charge on any atom is 0.254 e. The quantitative estimate of drug-likeness (QED) is 0.914. The molecule has 1 amide bonds. The Bertz CT molecular complexity index is 640. The van der Waals surface area contributed by atoms with Crippen LogP contribution in [0.25, 0.3) is 0 Å². The summed E-state index contributed by atoms with van der Waals surface area (Å²) in [7, 11) is 0. The van der Waals surface area contributed by atoms with E-state index in [0.29, 0.717) is 13.2 Å². The molecule has 0 saturated carbocycles. The van der Waals surface area contributed by atoms with Gasteiger partial charge in [-0.2, -0.15) is 0 Å². The van der Waals surface area contributed by atoms with Gasteiger partial charge in [0.05, 0.1) is 12.2 Å². The molecule has 0 aliphatic rings. The lowest BCUT2D eigenvalue weighted by Gasteiger charge is -2.08. The van der Waals surface area contributed by atoms with Crippen LogP contribution in [0, 0.1) is 12.7 Å². The minimum atomic E-state index is -0.504. The van der Waals surface area contributed by atoms with Gasteiger partial charge in [-0.15, -0.1) is 0 Å². The van der Waals surface area contributed by atoms with E-state index in [-0.39, 0.29) is 5.56 Å². The fourth-order valence-electron chi connectivity index (χ4n) is 1.99. The van der Waals surface area contributed by atoms with Crippen molar-refractivity contribution in [2.45, 2.75) is 20.4 Å². The Labute approximate surface area is 123 Å². The van der Waals surface area contributed by atoms with E-state index in [1.807, 2.05) is 31.2 Å². The van der Waals surface area contributed by atoms with E-state index < -0.39 is 11.7 Å². The van der Waals surface area contributed by atoms with E-state index >= 15 is 0 Å². The normalized spacial score (nSPS) is 10.2. The molecule has 3 nitrogen and oxygen atoms in total. The van der Waals surface area contributed by atoms with Crippen LogP contribution in [-0.2, 0) is 6.54 Å². The number of halogens is 1. The van der Waals surface area contributed by atoms with Crippen molar-refractivity contribution in [3.63, 3.8) is 0 Å². The van der Waals surface area contributed by atoms with E-state index in [9.17, 15) is 9.18 Å². The minimum Gasteiger partial charge on any atom is -0.494 e. The lowest BCUT2D eigenvalue weighted by Crippen LogP contribution is -2.23. The fourth-order valence-corrected chi connectivity index (χ4v) is 1.99. The van der Waals surface area contributed by atoms with Gasteiger partial charge in [-0.3, -0.25) is 4.79 Å². The van der Waals surface area contributed by atoms with E-state index in [1.54, 1.807) is 13.0 Å². The largest absolute Gasteiger partial charge is 0.494 e. The van der Waals surface area contributed by atoms with Crippen LogP contribution in [0.3, 0.4) is 0 Å². The van der Waals surface area contributed by atoms with E-state index in [2.05, 4.69) is 5.32 Å². The number of benzene rings is 2. The van der Waals surface area contributed by atoms with Gasteiger partial charge in [0.25, 0.3) is 5.91 Å². The molecule has 2 rings (SSSR count). The SMILES string of the molecule is CCOc1cccc(CNC(=O)c2ccc(C)cc2F)c1. The molecule has 0 aliphatic carbocycles. The summed E-state index contributed by atoms with van der Waals surface area (Å²) >= 11 is 0. The van der Waals surface area contributed by atoms with Gasteiger partial charge >= 0.3 is 0 Å². The zero-order valence-corrected chi connectivity index (χ0v) is 12.2. The molecule has 21 heavy (non-hydrogen) atoms. The van der Waals surface area contributed by atoms with E-state index in [0.717, 1.165) is 16.9 Å². The van der Waals surface area contributed by atoms with Crippen LogP contribution in [0.5, 0.6) is 5.75 Å². The number of nitrogens with one attached hydrogen (secondary N) is 1. The van der Waals surface area contributed by atoms with E-state index in [4.69, 9.17) is 4.74 Å². The van der Waals surface area contributed by atoms with Gasteiger partial charge in [-0.25, -0.2) is 4.39 Å². The molecule has 0 aliphatic heterocycles. The average molecular weight is 287 g/mol. The van der Waals surface area contributed by atoms with Crippen LogP contribution >= 0.6 is 0 Å². The molecule has 0 atom stereocenters.